The predicted octanol–water partition coefficient (Wildman–Crippen LogP) is 3.55. The monoisotopic (exact) mass is 221 g/mol. The molecule has 1 N–H and O–H groups in total. The molecule has 0 radical (unpaired) electrons. The highest BCUT2D eigenvalue weighted by Gasteiger charge is 2.51. The molecule has 2 aliphatic carbocycles. The van der Waals surface area contributed by atoms with E-state index in [0.717, 1.165) is 51.4 Å². The summed E-state index contributed by atoms with van der Waals surface area (Å²) in [5.74, 6) is 0. The molecule has 0 heterocycles. The van der Waals surface area contributed by atoms with E-state index >= 15 is 0 Å². The smallest absolute Gasteiger partial charge is 0.0860 e. The van der Waals surface area contributed by atoms with Gasteiger partial charge in [0.25, 0.3) is 0 Å². The van der Waals surface area contributed by atoms with Gasteiger partial charge in [-0.3, -0.25) is 0 Å². The van der Waals surface area contributed by atoms with Gasteiger partial charge in [0.2, 0.25) is 0 Å². The Bertz CT molecular complexity index is 265. The van der Waals surface area contributed by atoms with Gasteiger partial charge in [-0.25, -0.2) is 0 Å². The molecule has 2 saturated carbocycles. The zero-order chi connectivity index (χ0) is 11.5. The summed E-state index contributed by atoms with van der Waals surface area (Å²) in [6, 6.07) is 2.52. The Morgan fingerprint density at radius 3 is 1.69 bits per heavy atom. The van der Waals surface area contributed by atoms with Gasteiger partial charge in [0.05, 0.1) is 17.1 Å². The molecular weight excluding hydrogens is 198 g/mol. The molecule has 16 heavy (non-hydrogen) atoms. The van der Waals surface area contributed by atoms with Gasteiger partial charge in [0.1, 0.15) is 0 Å². The van der Waals surface area contributed by atoms with Crippen LogP contribution in [0.15, 0.2) is 0 Å². The van der Waals surface area contributed by atoms with E-state index < -0.39 is 11.0 Å². The summed E-state index contributed by atoms with van der Waals surface area (Å²) < 4.78 is 0. The van der Waals surface area contributed by atoms with Gasteiger partial charge in [-0.1, -0.05) is 44.9 Å². The molecular formula is C14H23NO. The van der Waals surface area contributed by atoms with Crippen molar-refractivity contribution in [2.45, 2.75) is 76.2 Å². The zero-order valence-electron chi connectivity index (χ0n) is 10.2. The number of nitrogens with zero attached hydrogens (tertiary/aromatic N) is 1. The molecule has 0 aliphatic heterocycles. The standard InChI is InChI=1S/C14H23NO/c15-12-13(14(16)10-6-7-11-14)8-4-2-1-3-5-9-13/h16H,1-11H2. The number of hydrogen-bond donors (Lipinski definition) is 1. The summed E-state index contributed by atoms with van der Waals surface area (Å²) in [6.45, 7) is 0. The molecule has 0 saturated heterocycles. The van der Waals surface area contributed by atoms with Gasteiger partial charge in [0, 0.05) is 0 Å². The molecule has 0 unspecified atom stereocenters. The molecule has 2 fully saturated rings. The molecule has 0 bridgehead atoms. The maximum absolute atomic E-state index is 10.8. The third-order valence-corrected chi connectivity index (χ3v) is 4.74. The fourth-order valence-electron chi connectivity index (χ4n) is 3.63. The average molecular weight is 221 g/mol. The maximum Gasteiger partial charge on any atom is 0.0860 e. The lowest BCUT2D eigenvalue weighted by Gasteiger charge is -2.41. The highest BCUT2D eigenvalue weighted by molar-refractivity contribution is 5.13. The van der Waals surface area contributed by atoms with Crippen molar-refractivity contribution in [3.8, 4) is 6.07 Å². The van der Waals surface area contributed by atoms with Gasteiger partial charge >= 0.3 is 0 Å². The summed E-state index contributed by atoms with van der Waals surface area (Å²) in [4.78, 5) is 0. The van der Waals surface area contributed by atoms with E-state index in [-0.39, 0.29) is 0 Å². The van der Waals surface area contributed by atoms with Crippen LogP contribution in [0.2, 0.25) is 0 Å². The fourth-order valence-corrected chi connectivity index (χ4v) is 3.63. The molecule has 2 rings (SSSR count). The van der Waals surface area contributed by atoms with E-state index in [4.69, 9.17) is 0 Å². The minimum Gasteiger partial charge on any atom is -0.388 e. The van der Waals surface area contributed by atoms with Crippen molar-refractivity contribution in [1.82, 2.24) is 0 Å². The largest absolute Gasteiger partial charge is 0.388 e. The second-order valence-electron chi connectivity index (χ2n) is 5.70. The van der Waals surface area contributed by atoms with Gasteiger partial charge in [-0.2, -0.15) is 5.26 Å². The van der Waals surface area contributed by atoms with Crippen molar-refractivity contribution in [2.75, 3.05) is 0 Å². The summed E-state index contributed by atoms with van der Waals surface area (Å²) in [5, 5.41) is 20.3. The van der Waals surface area contributed by atoms with Crippen molar-refractivity contribution >= 4 is 0 Å². The van der Waals surface area contributed by atoms with E-state index in [0.29, 0.717) is 0 Å². The quantitative estimate of drug-likeness (QED) is 0.736. The van der Waals surface area contributed by atoms with Crippen LogP contribution in [0.4, 0.5) is 0 Å². The van der Waals surface area contributed by atoms with Crippen molar-refractivity contribution in [2.24, 2.45) is 5.41 Å². The lowest BCUT2D eigenvalue weighted by atomic mass is 9.65. The first-order valence-electron chi connectivity index (χ1n) is 6.86. The Kier molecular flexibility index (Phi) is 3.54. The highest BCUT2D eigenvalue weighted by atomic mass is 16.3. The number of nitriles is 1. The normalized spacial score (nSPS) is 29.0. The topological polar surface area (TPSA) is 44.0 Å². The third-order valence-electron chi connectivity index (χ3n) is 4.74. The van der Waals surface area contributed by atoms with E-state index in [1.807, 2.05) is 0 Å². The number of aliphatic hydroxyl groups is 1. The molecule has 0 aromatic heterocycles. The molecule has 0 aromatic rings. The van der Waals surface area contributed by atoms with E-state index in [1.54, 1.807) is 0 Å². The van der Waals surface area contributed by atoms with Crippen LogP contribution in [0, 0.1) is 16.7 Å². The Morgan fingerprint density at radius 1 is 0.750 bits per heavy atom. The second-order valence-corrected chi connectivity index (χ2v) is 5.70. The predicted molar refractivity (Wildman–Crippen MR) is 63.8 cm³/mol. The molecule has 0 spiro atoms. The first-order chi connectivity index (χ1) is 7.72. The Balaban J connectivity index is 2.18. The molecule has 2 nitrogen and oxygen atoms in total. The number of hydrogen-bond acceptors (Lipinski definition) is 2. The van der Waals surface area contributed by atoms with Crippen molar-refractivity contribution < 1.29 is 5.11 Å². The summed E-state index contributed by atoms with van der Waals surface area (Å²) in [7, 11) is 0. The van der Waals surface area contributed by atoms with Crippen LogP contribution >= 0.6 is 0 Å². The van der Waals surface area contributed by atoms with Crippen molar-refractivity contribution in [1.29, 1.82) is 5.26 Å². The average Bonchev–Trinajstić information content (AvgIpc) is 2.67. The minimum absolute atomic E-state index is 0.427. The van der Waals surface area contributed by atoms with Crippen molar-refractivity contribution in [3.63, 3.8) is 0 Å². The Morgan fingerprint density at radius 2 is 1.19 bits per heavy atom. The SMILES string of the molecule is N#CC1(C2(O)CCCC2)CCCCCCC1. The van der Waals surface area contributed by atoms with Gasteiger partial charge < -0.3 is 5.11 Å². The lowest BCUT2D eigenvalue weighted by Crippen LogP contribution is -2.45. The fraction of sp³-hybridized carbons (Fsp3) is 0.929. The van der Waals surface area contributed by atoms with Gasteiger partial charge in [-0.05, 0) is 25.7 Å². The second kappa shape index (κ2) is 4.75. The van der Waals surface area contributed by atoms with E-state index in [2.05, 4.69) is 6.07 Å². The molecule has 2 heteroatoms. The first kappa shape index (κ1) is 11.9. The summed E-state index contributed by atoms with van der Waals surface area (Å²) >= 11 is 0. The molecule has 0 atom stereocenters. The summed E-state index contributed by atoms with van der Waals surface area (Å²) in [5.41, 5.74) is -1.09. The molecule has 0 amide bonds. The maximum atomic E-state index is 10.8. The molecule has 0 aromatic carbocycles. The van der Waals surface area contributed by atoms with Crippen LogP contribution in [-0.4, -0.2) is 10.7 Å². The minimum atomic E-state index is -0.668. The third kappa shape index (κ3) is 1.98. The zero-order valence-corrected chi connectivity index (χ0v) is 10.2. The van der Waals surface area contributed by atoms with Crippen molar-refractivity contribution in [3.05, 3.63) is 0 Å². The van der Waals surface area contributed by atoms with Crippen LogP contribution < -0.4 is 0 Å². The number of rotatable bonds is 1. The van der Waals surface area contributed by atoms with E-state index in [9.17, 15) is 10.4 Å². The van der Waals surface area contributed by atoms with Gasteiger partial charge in [-0.15, -0.1) is 0 Å². The molecule has 90 valence electrons. The molecule has 2 aliphatic rings. The van der Waals surface area contributed by atoms with Crippen LogP contribution in [0.5, 0.6) is 0 Å². The van der Waals surface area contributed by atoms with Crippen LogP contribution in [0.25, 0.3) is 0 Å². The van der Waals surface area contributed by atoms with Crippen LogP contribution in [0.1, 0.15) is 70.6 Å². The first-order valence-corrected chi connectivity index (χ1v) is 6.86. The van der Waals surface area contributed by atoms with E-state index in [1.165, 1.54) is 19.3 Å². The van der Waals surface area contributed by atoms with Crippen LogP contribution in [-0.2, 0) is 0 Å². The Labute approximate surface area is 98.7 Å². The van der Waals surface area contributed by atoms with Crippen LogP contribution in [0.3, 0.4) is 0 Å². The van der Waals surface area contributed by atoms with Gasteiger partial charge in [0.15, 0.2) is 0 Å². The Hall–Kier alpha value is -0.550. The lowest BCUT2D eigenvalue weighted by molar-refractivity contribution is -0.0618. The summed E-state index contributed by atoms with van der Waals surface area (Å²) in [6.07, 6.45) is 11.7. The highest BCUT2D eigenvalue weighted by Crippen LogP contribution is 2.50.